The van der Waals surface area contributed by atoms with E-state index >= 15 is 0 Å². The first kappa shape index (κ1) is 12.3. The molecule has 5 nitrogen and oxygen atoms in total. The molecule has 100 valence electrons. The third-order valence-corrected chi connectivity index (χ3v) is 5.08. The summed E-state index contributed by atoms with van der Waals surface area (Å²) in [4.78, 5) is 8.76. The SMILES string of the molecule is O=S1(=O)CCCC(Nc2cnc3ccccc3n2)C1. The van der Waals surface area contributed by atoms with Crippen molar-refractivity contribution in [3.05, 3.63) is 30.5 Å². The molecule has 1 aromatic carbocycles. The smallest absolute Gasteiger partial charge is 0.152 e. The quantitative estimate of drug-likeness (QED) is 0.903. The van der Waals surface area contributed by atoms with E-state index in [-0.39, 0.29) is 11.8 Å². The minimum Gasteiger partial charge on any atom is -0.365 e. The van der Waals surface area contributed by atoms with E-state index in [9.17, 15) is 8.42 Å². The van der Waals surface area contributed by atoms with Gasteiger partial charge in [-0.1, -0.05) is 12.1 Å². The summed E-state index contributed by atoms with van der Waals surface area (Å²) < 4.78 is 23.2. The zero-order valence-corrected chi connectivity index (χ0v) is 11.2. The summed E-state index contributed by atoms with van der Waals surface area (Å²) in [5.41, 5.74) is 1.65. The van der Waals surface area contributed by atoms with Gasteiger partial charge in [-0.25, -0.2) is 13.4 Å². The molecule has 0 saturated carbocycles. The molecule has 2 heterocycles. The molecule has 1 aliphatic heterocycles. The molecule has 19 heavy (non-hydrogen) atoms. The maximum Gasteiger partial charge on any atom is 0.152 e. The van der Waals surface area contributed by atoms with Crippen molar-refractivity contribution < 1.29 is 8.42 Å². The fourth-order valence-corrected chi connectivity index (χ4v) is 4.01. The fourth-order valence-electron chi connectivity index (χ4n) is 2.37. The molecule has 0 spiro atoms. The number of aromatic nitrogens is 2. The zero-order valence-electron chi connectivity index (χ0n) is 10.4. The lowest BCUT2D eigenvalue weighted by molar-refractivity contribution is 0.561. The third-order valence-electron chi connectivity index (χ3n) is 3.26. The molecule has 0 radical (unpaired) electrons. The second-order valence-corrected chi connectivity index (χ2v) is 7.07. The Kier molecular flexibility index (Phi) is 3.10. The average Bonchev–Trinajstić information content (AvgIpc) is 2.37. The number of hydrogen-bond acceptors (Lipinski definition) is 5. The van der Waals surface area contributed by atoms with Gasteiger partial charge in [-0.2, -0.15) is 0 Å². The van der Waals surface area contributed by atoms with E-state index in [2.05, 4.69) is 15.3 Å². The molecule has 1 unspecified atom stereocenters. The monoisotopic (exact) mass is 277 g/mol. The number of hydrogen-bond donors (Lipinski definition) is 1. The number of sulfone groups is 1. The van der Waals surface area contributed by atoms with Crippen LogP contribution < -0.4 is 5.32 Å². The summed E-state index contributed by atoms with van der Waals surface area (Å²) in [5.74, 6) is 1.12. The summed E-state index contributed by atoms with van der Waals surface area (Å²) in [6.07, 6.45) is 3.22. The van der Waals surface area contributed by atoms with Crippen molar-refractivity contribution in [2.75, 3.05) is 16.8 Å². The molecule has 2 aromatic rings. The molecule has 0 aliphatic carbocycles. The minimum atomic E-state index is -2.91. The Morgan fingerprint density at radius 2 is 2.00 bits per heavy atom. The van der Waals surface area contributed by atoms with Gasteiger partial charge in [-0.15, -0.1) is 0 Å². The number of nitrogens with zero attached hydrogens (tertiary/aromatic N) is 2. The average molecular weight is 277 g/mol. The predicted octanol–water partition coefficient (Wildman–Crippen LogP) is 1.62. The molecule has 1 N–H and O–H groups in total. The van der Waals surface area contributed by atoms with Crippen molar-refractivity contribution in [1.29, 1.82) is 0 Å². The lowest BCUT2D eigenvalue weighted by atomic mass is 10.2. The molecule has 1 aromatic heterocycles. The van der Waals surface area contributed by atoms with Crippen LogP contribution in [-0.4, -0.2) is 35.9 Å². The van der Waals surface area contributed by atoms with Gasteiger partial charge in [0.1, 0.15) is 5.82 Å². The number of benzene rings is 1. The van der Waals surface area contributed by atoms with Crippen molar-refractivity contribution in [3.8, 4) is 0 Å². The maximum atomic E-state index is 11.6. The zero-order chi connectivity index (χ0) is 13.3. The van der Waals surface area contributed by atoms with Crippen LogP contribution in [0.25, 0.3) is 11.0 Å². The first-order chi connectivity index (χ1) is 9.12. The Morgan fingerprint density at radius 3 is 2.79 bits per heavy atom. The standard InChI is InChI=1S/C13H15N3O2S/c17-19(18)7-3-4-10(9-19)15-13-8-14-11-5-1-2-6-12(11)16-13/h1-2,5-6,8,10H,3-4,7,9H2,(H,15,16). The molecule has 1 saturated heterocycles. The Hall–Kier alpha value is -1.69. The molecular weight excluding hydrogens is 262 g/mol. The van der Waals surface area contributed by atoms with E-state index in [4.69, 9.17) is 0 Å². The van der Waals surface area contributed by atoms with Crippen LogP contribution in [0.15, 0.2) is 30.5 Å². The van der Waals surface area contributed by atoms with Gasteiger partial charge in [0, 0.05) is 6.04 Å². The lowest BCUT2D eigenvalue weighted by Crippen LogP contribution is -2.35. The topological polar surface area (TPSA) is 72.0 Å². The predicted molar refractivity (Wildman–Crippen MR) is 74.8 cm³/mol. The van der Waals surface area contributed by atoms with Crippen LogP contribution in [0, 0.1) is 0 Å². The summed E-state index contributed by atoms with van der Waals surface area (Å²) in [5, 5.41) is 3.18. The van der Waals surface area contributed by atoms with Crippen LogP contribution in [0.2, 0.25) is 0 Å². The highest BCUT2D eigenvalue weighted by atomic mass is 32.2. The summed E-state index contributed by atoms with van der Waals surface area (Å²) in [6, 6.07) is 7.56. The van der Waals surface area contributed by atoms with Crippen molar-refractivity contribution in [2.24, 2.45) is 0 Å². The molecular formula is C13H15N3O2S. The van der Waals surface area contributed by atoms with Gasteiger partial charge in [-0.05, 0) is 25.0 Å². The Balaban J connectivity index is 1.81. The largest absolute Gasteiger partial charge is 0.365 e. The van der Waals surface area contributed by atoms with E-state index in [0.717, 1.165) is 17.5 Å². The van der Waals surface area contributed by atoms with Gasteiger partial charge in [0.05, 0.1) is 28.7 Å². The summed E-state index contributed by atoms with van der Waals surface area (Å²) >= 11 is 0. The number of nitrogens with one attached hydrogen (secondary N) is 1. The van der Waals surface area contributed by atoms with Crippen LogP contribution in [0.1, 0.15) is 12.8 Å². The van der Waals surface area contributed by atoms with Crippen molar-refractivity contribution in [1.82, 2.24) is 9.97 Å². The van der Waals surface area contributed by atoms with E-state index in [1.165, 1.54) is 0 Å². The second kappa shape index (κ2) is 4.77. The Labute approximate surface area is 112 Å². The number of para-hydroxylation sites is 2. The molecule has 3 rings (SSSR count). The van der Waals surface area contributed by atoms with Crippen LogP contribution in [0.5, 0.6) is 0 Å². The molecule has 1 aliphatic rings. The third kappa shape index (κ3) is 2.84. The fraction of sp³-hybridized carbons (Fsp3) is 0.385. The maximum absolute atomic E-state index is 11.6. The first-order valence-electron chi connectivity index (χ1n) is 6.31. The number of rotatable bonds is 2. The van der Waals surface area contributed by atoms with E-state index < -0.39 is 9.84 Å². The van der Waals surface area contributed by atoms with Crippen LogP contribution in [-0.2, 0) is 9.84 Å². The summed E-state index contributed by atoms with van der Waals surface area (Å²) in [7, 11) is -2.91. The Morgan fingerprint density at radius 1 is 1.21 bits per heavy atom. The van der Waals surface area contributed by atoms with E-state index in [1.807, 2.05) is 24.3 Å². The Bertz CT molecular complexity index is 700. The van der Waals surface area contributed by atoms with Gasteiger partial charge in [0.25, 0.3) is 0 Å². The van der Waals surface area contributed by atoms with Gasteiger partial charge in [-0.3, -0.25) is 4.98 Å². The van der Waals surface area contributed by atoms with Gasteiger partial charge in [0.15, 0.2) is 9.84 Å². The second-order valence-electron chi connectivity index (χ2n) is 4.84. The molecule has 6 heteroatoms. The lowest BCUT2D eigenvalue weighted by Gasteiger charge is -2.23. The number of fused-ring (bicyclic) bond motifs is 1. The first-order valence-corrected chi connectivity index (χ1v) is 8.13. The van der Waals surface area contributed by atoms with Crippen LogP contribution >= 0.6 is 0 Å². The minimum absolute atomic E-state index is 0.0609. The highest BCUT2D eigenvalue weighted by Crippen LogP contribution is 2.17. The van der Waals surface area contributed by atoms with Crippen molar-refractivity contribution >= 4 is 26.7 Å². The van der Waals surface area contributed by atoms with Gasteiger partial charge in [0.2, 0.25) is 0 Å². The highest BCUT2D eigenvalue weighted by molar-refractivity contribution is 7.91. The van der Waals surface area contributed by atoms with E-state index in [0.29, 0.717) is 18.0 Å². The summed E-state index contributed by atoms with van der Waals surface area (Å²) in [6.45, 7) is 0. The molecule has 0 bridgehead atoms. The van der Waals surface area contributed by atoms with Gasteiger partial charge >= 0.3 is 0 Å². The highest BCUT2D eigenvalue weighted by Gasteiger charge is 2.24. The normalized spacial score (nSPS) is 22.2. The molecule has 0 amide bonds. The van der Waals surface area contributed by atoms with Crippen LogP contribution in [0.3, 0.4) is 0 Å². The van der Waals surface area contributed by atoms with Crippen LogP contribution in [0.4, 0.5) is 5.82 Å². The van der Waals surface area contributed by atoms with Crippen molar-refractivity contribution in [3.63, 3.8) is 0 Å². The number of anilines is 1. The van der Waals surface area contributed by atoms with E-state index in [1.54, 1.807) is 6.20 Å². The molecule has 1 atom stereocenters. The van der Waals surface area contributed by atoms with Gasteiger partial charge < -0.3 is 5.32 Å². The van der Waals surface area contributed by atoms with Crippen molar-refractivity contribution in [2.45, 2.75) is 18.9 Å². The molecule has 1 fully saturated rings.